The highest BCUT2D eigenvalue weighted by Crippen LogP contribution is 2.23. The van der Waals surface area contributed by atoms with Crippen molar-refractivity contribution in [3.8, 4) is 11.5 Å². The SMILES string of the molecule is CCCCCCCCCCCCCCCCCCOc1cc(O)cc(C(=O)OCc2ccccc2)c1. The van der Waals surface area contributed by atoms with Crippen molar-refractivity contribution in [2.45, 2.75) is 116 Å². The molecule has 0 radical (unpaired) electrons. The number of ether oxygens (including phenoxy) is 2. The van der Waals surface area contributed by atoms with E-state index in [9.17, 15) is 9.90 Å². The van der Waals surface area contributed by atoms with Crippen LogP contribution < -0.4 is 4.74 Å². The maximum absolute atomic E-state index is 12.4. The number of hydrogen-bond donors (Lipinski definition) is 1. The first-order valence-electron chi connectivity index (χ1n) is 14.4. The van der Waals surface area contributed by atoms with Gasteiger partial charge in [-0.2, -0.15) is 0 Å². The van der Waals surface area contributed by atoms with E-state index in [0.29, 0.717) is 17.9 Å². The second-order valence-corrected chi connectivity index (χ2v) is 9.93. The molecule has 0 aliphatic rings. The molecule has 2 aromatic carbocycles. The first-order valence-corrected chi connectivity index (χ1v) is 14.4. The molecule has 1 N–H and O–H groups in total. The van der Waals surface area contributed by atoms with E-state index in [1.807, 2.05) is 30.3 Å². The molecule has 0 aliphatic heterocycles. The van der Waals surface area contributed by atoms with Gasteiger partial charge >= 0.3 is 5.97 Å². The number of carbonyl (C=O) groups excluding carboxylic acids is 1. The molecule has 0 saturated carbocycles. The highest BCUT2D eigenvalue weighted by Gasteiger charge is 2.11. The zero-order valence-corrected chi connectivity index (χ0v) is 22.5. The number of phenols is 1. The molecule has 0 bridgehead atoms. The molecule has 0 unspecified atom stereocenters. The molecular formula is C32H48O4. The minimum Gasteiger partial charge on any atom is -0.508 e. The van der Waals surface area contributed by atoms with Gasteiger partial charge in [0.25, 0.3) is 0 Å². The molecule has 0 fully saturated rings. The summed E-state index contributed by atoms with van der Waals surface area (Å²) in [5, 5.41) is 9.98. The highest BCUT2D eigenvalue weighted by molar-refractivity contribution is 5.90. The van der Waals surface area contributed by atoms with Crippen LogP contribution in [0, 0.1) is 0 Å². The van der Waals surface area contributed by atoms with Crippen LogP contribution in [0.3, 0.4) is 0 Å². The molecule has 0 heterocycles. The third-order valence-corrected chi connectivity index (χ3v) is 6.61. The molecule has 0 aliphatic carbocycles. The second kappa shape index (κ2) is 19.7. The molecule has 0 saturated heterocycles. The lowest BCUT2D eigenvalue weighted by molar-refractivity contribution is 0.0471. The van der Waals surface area contributed by atoms with Gasteiger partial charge < -0.3 is 14.6 Å². The maximum atomic E-state index is 12.4. The Morgan fingerprint density at radius 3 is 1.78 bits per heavy atom. The number of phenolic OH excluding ortho intramolecular Hbond substituents is 1. The van der Waals surface area contributed by atoms with Crippen LogP contribution in [0.5, 0.6) is 11.5 Å². The van der Waals surface area contributed by atoms with Crippen molar-refractivity contribution in [2.24, 2.45) is 0 Å². The summed E-state index contributed by atoms with van der Waals surface area (Å²) in [6.45, 7) is 3.06. The van der Waals surface area contributed by atoms with Gasteiger partial charge in [0.05, 0.1) is 12.2 Å². The molecule has 36 heavy (non-hydrogen) atoms. The Labute approximate surface area is 219 Å². The average Bonchev–Trinajstić information content (AvgIpc) is 2.89. The second-order valence-electron chi connectivity index (χ2n) is 9.93. The summed E-state index contributed by atoms with van der Waals surface area (Å²) in [5.41, 5.74) is 1.22. The van der Waals surface area contributed by atoms with Crippen molar-refractivity contribution in [1.82, 2.24) is 0 Å². The van der Waals surface area contributed by atoms with Gasteiger partial charge in [0, 0.05) is 6.07 Å². The minimum atomic E-state index is -0.470. The number of rotatable bonds is 21. The number of unbranched alkanes of at least 4 members (excludes halogenated alkanes) is 15. The van der Waals surface area contributed by atoms with Gasteiger partial charge in [-0.3, -0.25) is 0 Å². The van der Waals surface area contributed by atoms with Crippen LogP contribution in [0.4, 0.5) is 0 Å². The molecule has 0 spiro atoms. The molecule has 0 amide bonds. The lowest BCUT2D eigenvalue weighted by Crippen LogP contribution is -2.06. The van der Waals surface area contributed by atoms with E-state index >= 15 is 0 Å². The molecular weight excluding hydrogens is 448 g/mol. The van der Waals surface area contributed by atoms with Crippen molar-refractivity contribution >= 4 is 5.97 Å². The normalized spacial score (nSPS) is 10.9. The monoisotopic (exact) mass is 496 g/mol. The Morgan fingerprint density at radius 2 is 1.22 bits per heavy atom. The van der Waals surface area contributed by atoms with Gasteiger partial charge in [-0.25, -0.2) is 4.79 Å². The van der Waals surface area contributed by atoms with E-state index in [1.54, 1.807) is 12.1 Å². The van der Waals surface area contributed by atoms with Crippen LogP contribution in [-0.2, 0) is 11.3 Å². The maximum Gasteiger partial charge on any atom is 0.338 e. The summed E-state index contributed by atoms with van der Waals surface area (Å²) in [4.78, 5) is 12.4. The van der Waals surface area contributed by atoms with Gasteiger partial charge in [0.1, 0.15) is 18.1 Å². The number of hydrogen-bond acceptors (Lipinski definition) is 4. The zero-order valence-electron chi connectivity index (χ0n) is 22.5. The smallest absolute Gasteiger partial charge is 0.338 e. The van der Waals surface area contributed by atoms with E-state index < -0.39 is 5.97 Å². The minimum absolute atomic E-state index is 0.00568. The van der Waals surface area contributed by atoms with Crippen LogP contribution in [-0.4, -0.2) is 17.7 Å². The van der Waals surface area contributed by atoms with Crippen molar-refractivity contribution in [2.75, 3.05) is 6.61 Å². The Balaban J connectivity index is 1.46. The van der Waals surface area contributed by atoms with E-state index in [2.05, 4.69) is 6.92 Å². The predicted molar refractivity (Wildman–Crippen MR) is 149 cm³/mol. The van der Waals surface area contributed by atoms with Gasteiger partial charge in [-0.15, -0.1) is 0 Å². The molecule has 0 atom stereocenters. The summed E-state index contributed by atoms with van der Waals surface area (Å²) in [7, 11) is 0. The largest absolute Gasteiger partial charge is 0.508 e. The van der Waals surface area contributed by atoms with Gasteiger partial charge in [-0.1, -0.05) is 134 Å². The average molecular weight is 497 g/mol. The Kier molecular flexibility index (Phi) is 16.2. The van der Waals surface area contributed by atoms with Crippen LogP contribution in [0.15, 0.2) is 48.5 Å². The lowest BCUT2D eigenvalue weighted by atomic mass is 10.0. The Bertz CT molecular complexity index is 818. The van der Waals surface area contributed by atoms with E-state index in [1.165, 1.54) is 96.0 Å². The highest BCUT2D eigenvalue weighted by atomic mass is 16.5. The van der Waals surface area contributed by atoms with Crippen LogP contribution in [0.1, 0.15) is 126 Å². The molecule has 4 heteroatoms. The Hall–Kier alpha value is -2.49. The van der Waals surface area contributed by atoms with Crippen LogP contribution >= 0.6 is 0 Å². The first-order chi connectivity index (χ1) is 17.7. The first kappa shape index (κ1) is 29.7. The van der Waals surface area contributed by atoms with Gasteiger partial charge in [0.15, 0.2) is 0 Å². The quantitative estimate of drug-likeness (QED) is 0.138. The fraction of sp³-hybridized carbons (Fsp3) is 0.594. The topological polar surface area (TPSA) is 55.8 Å². The molecule has 2 rings (SSSR count). The molecule has 2 aromatic rings. The molecule has 0 aromatic heterocycles. The molecule has 4 nitrogen and oxygen atoms in total. The summed E-state index contributed by atoms with van der Waals surface area (Å²) in [5.74, 6) is 0.0377. The number of carbonyl (C=O) groups is 1. The number of esters is 1. The third-order valence-electron chi connectivity index (χ3n) is 6.61. The zero-order chi connectivity index (χ0) is 25.7. The van der Waals surface area contributed by atoms with Crippen molar-refractivity contribution in [3.63, 3.8) is 0 Å². The summed E-state index contributed by atoms with van der Waals surface area (Å²) in [6, 6.07) is 14.1. The van der Waals surface area contributed by atoms with E-state index in [0.717, 1.165) is 18.4 Å². The van der Waals surface area contributed by atoms with E-state index in [-0.39, 0.29) is 12.4 Å². The van der Waals surface area contributed by atoms with E-state index in [4.69, 9.17) is 9.47 Å². The van der Waals surface area contributed by atoms with Gasteiger partial charge in [0.2, 0.25) is 0 Å². The van der Waals surface area contributed by atoms with Gasteiger partial charge in [-0.05, 0) is 24.1 Å². The van der Waals surface area contributed by atoms with Crippen molar-refractivity contribution in [3.05, 3.63) is 59.7 Å². The number of aromatic hydroxyl groups is 1. The van der Waals surface area contributed by atoms with Crippen LogP contribution in [0.25, 0.3) is 0 Å². The van der Waals surface area contributed by atoms with Crippen LogP contribution in [0.2, 0.25) is 0 Å². The summed E-state index contributed by atoms with van der Waals surface area (Å²) >= 11 is 0. The Morgan fingerprint density at radius 1 is 0.694 bits per heavy atom. The third kappa shape index (κ3) is 14.2. The molecule has 200 valence electrons. The summed E-state index contributed by atoms with van der Waals surface area (Å²) in [6.07, 6.45) is 21.4. The van der Waals surface area contributed by atoms with Crippen molar-refractivity contribution in [1.29, 1.82) is 0 Å². The van der Waals surface area contributed by atoms with Crippen molar-refractivity contribution < 1.29 is 19.4 Å². The fourth-order valence-corrected chi connectivity index (χ4v) is 4.43. The predicted octanol–water partition coefficient (Wildman–Crippen LogP) is 9.39. The fourth-order valence-electron chi connectivity index (χ4n) is 4.43. The standard InChI is InChI=1S/C32H48O4/c1-2-3-4-5-6-7-8-9-10-11-12-13-14-15-16-20-23-35-31-25-29(24-30(33)26-31)32(34)36-27-28-21-18-17-19-22-28/h17-19,21-22,24-26,33H,2-16,20,23,27H2,1H3. The summed E-state index contributed by atoms with van der Waals surface area (Å²) < 4.78 is 11.1. The number of benzene rings is 2. The lowest BCUT2D eigenvalue weighted by Gasteiger charge is -2.10.